The lowest BCUT2D eigenvalue weighted by Crippen LogP contribution is -2.24. The molecule has 0 aliphatic carbocycles. The highest BCUT2D eigenvalue weighted by Gasteiger charge is 2.16. The maximum Gasteiger partial charge on any atom is 0.240 e. The van der Waals surface area contributed by atoms with Gasteiger partial charge in [0, 0.05) is 12.1 Å². The molecule has 0 saturated carbocycles. The van der Waals surface area contributed by atoms with Crippen molar-refractivity contribution in [2.75, 3.05) is 7.11 Å². The zero-order valence-electron chi connectivity index (χ0n) is 14.2. The summed E-state index contributed by atoms with van der Waals surface area (Å²) in [6.45, 7) is 5.44. The lowest BCUT2D eigenvalue weighted by atomic mass is 10.0. The highest BCUT2D eigenvalue weighted by molar-refractivity contribution is 7.89. The molecule has 0 fully saturated rings. The van der Waals surface area contributed by atoms with Gasteiger partial charge in [-0.3, -0.25) is 4.79 Å². The standard InChI is InChI=1S/C18H21NO4S/c1-12-13(2)18(23-4)9-8-16(12)11-19-24(21,22)17-7-5-6-15(10-17)14(3)20/h5-10,19H,11H2,1-4H3. The van der Waals surface area contributed by atoms with E-state index in [9.17, 15) is 13.2 Å². The average molecular weight is 347 g/mol. The minimum Gasteiger partial charge on any atom is -0.496 e. The third-order valence-corrected chi connectivity index (χ3v) is 5.47. The number of nitrogens with one attached hydrogen (secondary N) is 1. The number of rotatable bonds is 6. The van der Waals surface area contributed by atoms with E-state index in [0.717, 1.165) is 22.4 Å². The number of sulfonamides is 1. The second-order valence-corrected chi connectivity index (χ2v) is 7.35. The van der Waals surface area contributed by atoms with Gasteiger partial charge in [-0.25, -0.2) is 13.1 Å². The largest absolute Gasteiger partial charge is 0.496 e. The van der Waals surface area contributed by atoms with E-state index < -0.39 is 10.0 Å². The van der Waals surface area contributed by atoms with E-state index >= 15 is 0 Å². The molecule has 0 radical (unpaired) electrons. The van der Waals surface area contributed by atoms with E-state index in [1.807, 2.05) is 26.0 Å². The summed E-state index contributed by atoms with van der Waals surface area (Å²) in [5, 5.41) is 0. The van der Waals surface area contributed by atoms with Gasteiger partial charge in [-0.15, -0.1) is 0 Å². The van der Waals surface area contributed by atoms with Crippen molar-refractivity contribution < 1.29 is 17.9 Å². The van der Waals surface area contributed by atoms with Crippen LogP contribution >= 0.6 is 0 Å². The molecule has 5 nitrogen and oxygen atoms in total. The molecule has 0 unspecified atom stereocenters. The molecule has 2 aromatic carbocycles. The van der Waals surface area contributed by atoms with Crippen molar-refractivity contribution in [2.24, 2.45) is 0 Å². The number of carbonyl (C=O) groups is 1. The van der Waals surface area contributed by atoms with Crippen molar-refractivity contribution in [3.63, 3.8) is 0 Å². The first-order valence-electron chi connectivity index (χ1n) is 7.50. The van der Waals surface area contributed by atoms with Gasteiger partial charge in [-0.1, -0.05) is 18.2 Å². The fourth-order valence-corrected chi connectivity index (χ4v) is 3.45. The Morgan fingerprint density at radius 1 is 1.12 bits per heavy atom. The SMILES string of the molecule is COc1ccc(CNS(=O)(=O)c2cccc(C(C)=O)c2)c(C)c1C. The molecule has 0 atom stereocenters. The molecule has 0 amide bonds. The van der Waals surface area contributed by atoms with Crippen molar-refractivity contribution in [2.45, 2.75) is 32.2 Å². The zero-order valence-corrected chi connectivity index (χ0v) is 15.0. The molecule has 0 spiro atoms. The first kappa shape index (κ1) is 18.2. The third kappa shape index (κ3) is 3.83. The van der Waals surface area contributed by atoms with E-state index in [0.29, 0.717) is 5.56 Å². The third-order valence-electron chi connectivity index (χ3n) is 4.07. The number of hydrogen-bond donors (Lipinski definition) is 1. The Morgan fingerprint density at radius 2 is 1.83 bits per heavy atom. The minimum absolute atomic E-state index is 0.0816. The summed E-state index contributed by atoms with van der Waals surface area (Å²) in [5.74, 6) is 0.599. The van der Waals surface area contributed by atoms with Crippen LogP contribution < -0.4 is 9.46 Å². The summed E-state index contributed by atoms with van der Waals surface area (Å²) in [6.07, 6.45) is 0. The van der Waals surface area contributed by atoms with E-state index in [1.165, 1.54) is 19.1 Å². The van der Waals surface area contributed by atoms with Crippen LogP contribution in [0.2, 0.25) is 0 Å². The number of methoxy groups -OCH3 is 1. The summed E-state index contributed by atoms with van der Waals surface area (Å²) in [6, 6.07) is 9.68. The van der Waals surface area contributed by atoms with Crippen molar-refractivity contribution in [3.8, 4) is 5.75 Å². The number of Topliss-reactive ketones (excluding diaryl/α,β-unsaturated/α-hetero) is 1. The number of carbonyl (C=O) groups excluding carboxylic acids is 1. The van der Waals surface area contributed by atoms with Crippen LogP contribution in [0.4, 0.5) is 0 Å². The van der Waals surface area contributed by atoms with Crippen LogP contribution in [0, 0.1) is 13.8 Å². The lowest BCUT2D eigenvalue weighted by molar-refractivity contribution is 0.101. The molecule has 128 valence electrons. The quantitative estimate of drug-likeness (QED) is 0.816. The maximum absolute atomic E-state index is 12.5. The predicted molar refractivity (Wildman–Crippen MR) is 92.9 cm³/mol. The molecule has 0 saturated heterocycles. The molecule has 2 rings (SSSR count). The number of hydrogen-bond acceptors (Lipinski definition) is 4. The molecule has 2 aromatic rings. The first-order chi connectivity index (χ1) is 11.3. The van der Waals surface area contributed by atoms with Gasteiger partial charge in [0.1, 0.15) is 5.75 Å². The van der Waals surface area contributed by atoms with Crippen molar-refractivity contribution in [1.29, 1.82) is 0 Å². The fourth-order valence-electron chi connectivity index (χ4n) is 2.40. The smallest absolute Gasteiger partial charge is 0.240 e. The Labute approximate surface area is 142 Å². The number of benzene rings is 2. The molecular weight excluding hydrogens is 326 g/mol. The second-order valence-electron chi connectivity index (χ2n) is 5.59. The fraction of sp³-hybridized carbons (Fsp3) is 0.278. The van der Waals surface area contributed by atoms with Gasteiger partial charge in [-0.05, 0) is 55.7 Å². The normalized spacial score (nSPS) is 11.3. The Bertz CT molecular complexity index is 873. The first-order valence-corrected chi connectivity index (χ1v) is 8.98. The molecule has 6 heteroatoms. The summed E-state index contributed by atoms with van der Waals surface area (Å²) in [5.41, 5.74) is 3.20. The summed E-state index contributed by atoms with van der Waals surface area (Å²) < 4.78 is 32.7. The maximum atomic E-state index is 12.5. The van der Waals surface area contributed by atoms with Gasteiger partial charge in [-0.2, -0.15) is 0 Å². The van der Waals surface area contributed by atoms with Gasteiger partial charge >= 0.3 is 0 Å². The highest BCUT2D eigenvalue weighted by Crippen LogP contribution is 2.24. The molecule has 0 aromatic heterocycles. The van der Waals surface area contributed by atoms with Crippen LogP contribution in [0.5, 0.6) is 5.75 Å². The van der Waals surface area contributed by atoms with Crippen LogP contribution in [0.3, 0.4) is 0 Å². The number of ketones is 1. The molecule has 0 bridgehead atoms. The van der Waals surface area contributed by atoms with Crippen LogP contribution in [0.15, 0.2) is 41.3 Å². The van der Waals surface area contributed by atoms with Crippen molar-refractivity contribution >= 4 is 15.8 Å². The van der Waals surface area contributed by atoms with Crippen LogP contribution in [0.1, 0.15) is 34.0 Å². The average Bonchev–Trinajstić information content (AvgIpc) is 2.56. The van der Waals surface area contributed by atoms with E-state index in [1.54, 1.807) is 19.2 Å². The van der Waals surface area contributed by atoms with Crippen LogP contribution in [-0.2, 0) is 16.6 Å². The van der Waals surface area contributed by atoms with E-state index in [-0.39, 0.29) is 17.2 Å². The van der Waals surface area contributed by atoms with Gasteiger partial charge < -0.3 is 4.74 Å². The topological polar surface area (TPSA) is 72.5 Å². The molecule has 24 heavy (non-hydrogen) atoms. The summed E-state index contributed by atoms with van der Waals surface area (Å²) in [7, 11) is -2.09. The van der Waals surface area contributed by atoms with Gasteiger partial charge in [0.05, 0.1) is 12.0 Å². The molecule has 0 aliphatic rings. The Kier molecular flexibility index (Phi) is 5.41. The Balaban J connectivity index is 2.24. The van der Waals surface area contributed by atoms with E-state index in [4.69, 9.17) is 4.74 Å². The van der Waals surface area contributed by atoms with Gasteiger partial charge in [0.2, 0.25) is 10.0 Å². The predicted octanol–water partition coefficient (Wildman–Crippen LogP) is 2.99. The van der Waals surface area contributed by atoms with Crippen molar-refractivity contribution in [3.05, 3.63) is 58.7 Å². The molecule has 0 heterocycles. The second kappa shape index (κ2) is 7.15. The highest BCUT2D eigenvalue weighted by atomic mass is 32.2. The van der Waals surface area contributed by atoms with Gasteiger partial charge in [0.25, 0.3) is 0 Å². The summed E-state index contributed by atoms with van der Waals surface area (Å²) >= 11 is 0. The van der Waals surface area contributed by atoms with Crippen LogP contribution in [0.25, 0.3) is 0 Å². The minimum atomic E-state index is -3.69. The molecular formula is C18H21NO4S. The Morgan fingerprint density at radius 3 is 2.46 bits per heavy atom. The van der Waals surface area contributed by atoms with Crippen molar-refractivity contribution in [1.82, 2.24) is 4.72 Å². The summed E-state index contributed by atoms with van der Waals surface area (Å²) in [4.78, 5) is 11.5. The van der Waals surface area contributed by atoms with Crippen LogP contribution in [-0.4, -0.2) is 21.3 Å². The molecule has 1 N–H and O–H groups in total. The Hall–Kier alpha value is -2.18. The van der Waals surface area contributed by atoms with Gasteiger partial charge in [0.15, 0.2) is 5.78 Å². The molecule has 0 aliphatic heterocycles. The monoisotopic (exact) mass is 347 g/mol. The zero-order chi connectivity index (χ0) is 17.9. The van der Waals surface area contributed by atoms with E-state index in [2.05, 4.69) is 4.72 Å². The number of ether oxygens (including phenoxy) is 1. The lowest BCUT2D eigenvalue weighted by Gasteiger charge is -2.13.